The number of rotatable bonds is 3. The summed E-state index contributed by atoms with van der Waals surface area (Å²) in [4.78, 5) is 12.5. The number of methoxy groups -OCH3 is 1. The molecule has 0 aliphatic heterocycles. The van der Waals surface area contributed by atoms with Gasteiger partial charge in [0.25, 0.3) is 0 Å². The molecule has 0 N–H and O–H groups in total. The van der Waals surface area contributed by atoms with Gasteiger partial charge in [0.05, 0.1) is 12.7 Å². The van der Waals surface area contributed by atoms with Crippen molar-refractivity contribution in [2.24, 2.45) is 0 Å². The van der Waals surface area contributed by atoms with Gasteiger partial charge in [-0.25, -0.2) is 4.79 Å². The molecule has 1 aromatic rings. The number of halogens is 1. The molecule has 0 fully saturated rings. The molecule has 0 unspecified atom stereocenters. The van der Waals surface area contributed by atoms with E-state index in [1.54, 1.807) is 11.8 Å². The lowest BCUT2D eigenvalue weighted by atomic mass is 10.2. The molecule has 0 heterocycles. The average Bonchev–Trinajstić information content (AvgIpc) is 2.20. The molecule has 0 aliphatic rings. The first-order chi connectivity index (χ1) is 6.69. The zero-order valence-corrected chi connectivity index (χ0v) is 11.0. The standard InChI is InChI=1S/C10H11IO2S/c1-3-14-7-4-5-9(11)8(6-7)10(12)13-2/h4-6H,3H2,1-2H3. The van der Waals surface area contributed by atoms with Gasteiger partial charge in [-0.15, -0.1) is 11.8 Å². The Morgan fingerprint density at radius 3 is 2.86 bits per heavy atom. The largest absolute Gasteiger partial charge is 0.465 e. The van der Waals surface area contributed by atoms with Crippen molar-refractivity contribution in [2.45, 2.75) is 11.8 Å². The van der Waals surface area contributed by atoms with Crippen LogP contribution in [-0.2, 0) is 4.74 Å². The van der Waals surface area contributed by atoms with Crippen LogP contribution < -0.4 is 0 Å². The summed E-state index contributed by atoms with van der Waals surface area (Å²) in [5.41, 5.74) is 0.645. The summed E-state index contributed by atoms with van der Waals surface area (Å²) in [7, 11) is 1.40. The Morgan fingerprint density at radius 2 is 2.29 bits per heavy atom. The highest BCUT2D eigenvalue weighted by atomic mass is 127. The van der Waals surface area contributed by atoms with E-state index in [2.05, 4.69) is 29.5 Å². The maximum Gasteiger partial charge on any atom is 0.338 e. The van der Waals surface area contributed by atoms with Crippen molar-refractivity contribution in [3.05, 3.63) is 27.3 Å². The van der Waals surface area contributed by atoms with Crippen molar-refractivity contribution >= 4 is 40.3 Å². The van der Waals surface area contributed by atoms with Crippen LogP contribution in [0.3, 0.4) is 0 Å². The lowest BCUT2D eigenvalue weighted by Crippen LogP contribution is -2.03. The fraction of sp³-hybridized carbons (Fsp3) is 0.300. The van der Waals surface area contributed by atoms with Crippen LogP contribution in [0, 0.1) is 3.57 Å². The van der Waals surface area contributed by atoms with Gasteiger partial charge in [-0.1, -0.05) is 6.92 Å². The molecule has 0 amide bonds. The highest BCUT2D eigenvalue weighted by molar-refractivity contribution is 14.1. The number of hydrogen-bond donors (Lipinski definition) is 0. The summed E-state index contributed by atoms with van der Waals surface area (Å²) in [6.07, 6.45) is 0. The van der Waals surface area contributed by atoms with E-state index in [0.29, 0.717) is 5.56 Å². The van der Waals surface area contributed by atoms with Crippen LogP contribution in [0.15, 0.2) is 23.1 Å². The Bertz CT molecular complexity index is 339. The fourth-order valence-corrected chi connectivity index (χ4v) is 2.28. The minimum Gasteiger partial charge on any atom is -0.465 e. The number of esters is 1. The first kappa shape index (κ1) is 11.8. The zero-order chi connectivity index (χ0) is 10.6. The van der Waals surface area contributed by atoms with Gasteiger partial charge in [0, 0.05) is 8.47 Å². The topological polar surface area (TPSA) is 26.3 Å². The molecule has 0 atom stereocenters. The van der Waals surface area contributed by atoms with E-state index in [1.165, 1.54) is 7.11 Å². The summed E-state index contributed by atoms with van der Waals surface area (Å²) in [6.45, 7) is 2.08. The third-order valence-corrected chi connectivity index (χ3v) is 3.47. The molecule has 0 saturated heterocycles. The molecule has 14 heavy (non-hydrogen) atoms. The van der Waals surface area contributed by atoms with Crippen LogP contribution in [0.25, 0.3) is 0 Å². The number of carbonyl (C=O) groups excluding carboxylic acids is 1. The molecule has 0 aliphatic carbocycles. The van der Waals surface area contributed by atoms with E-state index in [0.717, 1.165) is 14.2 Å². The molecule has 0 aromatic heterocycles. The third-order valence-electron chi connectivity index (χ3n) is 1.65. The maximum atomic E-state index is 11.4. The van der Waals surface area contributed by atoms with E-state index in [-0.39, 0.29) is 5.97 Å². The summed E-state index contributed by atoms with van der Waals surface area (Å²) >= 11 is 3.85. The molecule has 0 radical (unpaired) electrons. The molecular formula is C10H11IO2S. The monoisotopic (exact) mass is 322 g/mol. The van der Waals surface area contributed by atoms with Crippen molar-refractivity contribution in [3.63, 3.8) is 0 Å². The Labute approximate surface area is 102 Å². The predicted octanol–water partition coefficient (Wildman–Crippen LogP) is 3.19. The van der Waals surface area contributed by atoms with Gasteiger partial charge in [0.1, 0.15) is 0 Å². The van der Waals surface area contributed by atoms with Gasteiger partial charge < -0.3 is 4.74 Å². The Morgan fingerprint density at radius 1 is 1.57 bits per heavy atom. The van der Waals surface area contributed by atoms with Gasteiger partial charge in [-0.05, 0) is 46.5 Å². The molecule has 0 spiro atoms. The van der Waals surface area contributed by atoms with Crippen molar-refractivity contribution in [1.82, 2.24) is 0 Å². The normalized spacial score (nSPS) is 9.93. The molecule has 4 heteroatoms. The van der Waals surface area contributed by atoms with Gasteiger partial charge in [-0.2, -0.15) is 0 Å². The lowest BCUT2D eigenvalue weighted by molar-refractivity contribution is 0.0599. The van der Waals surface area contributed by atoms with Crippen LogP contribution in [0.5, 0.6) is 0 Å². The minimum atomic E-state index is -0.270. The molecule has 0 bridgehead atoms. The minimum absolute atomic E-state index is 0.270. The summed E-state index contributed by atoms with van der Waals surface area (Å²) in [5.74, 6) is 0.731. The van der Waals surface area contributed by atoms with E-state index in [4.69, 9.17) is 4.74 Å². The van der Waals surface area contributed by atoms with Gasteiger partial charge >= 0.3 is 5.97 Å². The third kappa shape index (κ3) is 2.88. The first-order valence-electron chi connectivity index (χ1n) is 4.19. The van der Waals surface area contributed by atoms with Gasteiger partial charge in [0.2, 0.25) is 0 Å². The van der Waals surface area contributed by atoms with E-state index >= 15 is 0 Å². The van der Waals surface area contributed by atoms with Crippen LogP contribution in [0.2, 0.25) is 0 Å². The number of carbonyl (C=O) groups is 1. The highest BCUT2D eigenvalue weighted by Crippen LogP contribution is 2.22. The predicted molar refractivity (Wildman–Crippen MR) is 66.9 cm³/mol. The zero-order valence-electron chi connectivity index (χ0n) is 8.04. The van der Waals surface area contributed by atoms with Gasteiger partial charge in [0.15, 0.2) is 0 Å². The SMILES string of the molecule is CCSc1ccc(I)c(C(=O)OC)c1. The number of thioether (sulfide) groups is 1. The maximum absolute atomic E-state index is 11.4. The van der Waals surface area contributed by atoms with Crippen molar-refractivity contribution < 1.29 is 9.53 Å². The second kappa shape index (κ2) is 5.60. The van der Waals surface area contributed by atoms with Crippen LogP contribution in [0.1, 0.15) is 17.3 Å². The Balaban J connectivity index is 3.01. The summed E-state index contributed by atoms with van der Waals surface area (Å²) in [5, 5.41) is 0. The Hall–Kier alpha value is -0.230. The van der Waals surface area contributed by atoms with Crippen molar-refractivity contribution in [3.8, 4) is 0 Å². The number of ether oxygens (including phenoxy) is 1. The Kier molecular flexibility index (Phi) is 4.74. The highest BCUT2D eigenvalue weighted by Gasteiger charge is 2.10. The first-order valence-corrected chi connectivity index (χ1v) is 6.26. The molecule has 2 nitrogen and oxygen atoms in total. The molecule has 0 saturated carbocycles. The molecule has 76 valence electrons. The fourth-order valence-electron chi connectivity index (χ4n) is 1.03. The summed E-state index contributed by atoms with van der Waals surface area (Å²) < 4.78 is 5.62. The van der Waals surface area contributed by atoms with Crippen LogP contribution >= 0.6 is 34.4 Å². The smallest absolute Gasteiger partial charge is 0.338 e. The van der Waals surface area contributed by atoms with Crippen molar-refractivity contribution in [1.29, 1.82) is 0 Å². The summed E-state index contributed by atoms with van der Waals surface area (Å²) in [6, 6.07) is 5.83. The molecular weight excluding hydrogens is 311 g/mol. The second-order valence-electron chi connectivity index (χ2n) is 2.57. The van der Waals surface area contributed by atoms with E-state index < -0.39 is 0 Å². The molecule has 1 rings (SSSR count). The van der Waals surface area contributed by atoms with E-state index in [9.17, 15) is 4.79 Å². The molecule has 1 aromatic carbocycles. The van der Waals surface area contributed by atoms with Crippen LogP contribution in [-0.4, -0.2) is 18.8 Å². The van der Waals surface area contributed by atoms with E-state index in [1.807, 2.05) is 18.2 Å². The van der Waals surface area contributed by atoms with Gasteiger partial charge in [-0.3, -0.25) is 0 Å². The average molecular weight is 322 g/mol. The number of benzene rings is 1. The number of hydrogen-bond acceptors (Lipinski definition) is 3. The van der Waals surface area contributed by atoms with Crippen LogP contribution in [0.4, 0.5) is 0 Å². The second-order valence-corrected chi connectivity index (χ2v) is 5.07. The lowest BCUT2D eigenvalue weighted by Gasteiger charge is -2.04. The van der Waals surface area contributed by atoms with Crippen molar-refractivity contribution in [2.75, 3.05) is 12.9 Å². The quantitative estimate of drug-likeness (QED) is 0.486.